The van der Waals surface area contributed by atoms with Gasteiger partial charge >= 0.3 is 5.97 Å². The molecule has 0 heterocycles. The third-order valence-electron chi connectivity index (χ3n) is 3.77. The smallest absolute Gasteiger partial charge is 0.307 e. The Kier molecular flexibility index (Phi) is 4.81. The minimum atomic E-state index is -0.927. The summed E-state index contributed by atoms with van der Waals surface area (Å²) in [4.78, 5) is 23.5. The van der Waals surface area contributed by atoms with Gasteiger partial charge in [0.15, 0.2) is 0 Å². The fraction of sp³-hybridized carbons (Fsp3) is 0.400. The molecule has 0 aromatic heterocycles. The van der Waals surface area contributed by atoms with Gasteiger partial charge in [-0.25, -0.2) is 0 Å². The minimum absolute atomic E-state index is 0.271. The van der Waals surface area contributed by atoms with Crippen molar-refractivity contribution >= 4 is 29.2 Å². The number of carboxylic acids is 1. The van der Waals surface area contributed by atoms with Crippen molar-refractivity contribution < 1.29 is 14.7 Å². The monoisotopic (exact) mass is 306 g/mol. The molecule has 0 radical (unpaired) electrons. The van der Waals surface area contributed by atoms with Crippen LogP contribution in [0.1, 0.15) is 31.2 Å². The number of carbonyl (C=O) groups is 2. The van der Waals surface area contributed by atoms with Crippen molar-refractivity contribution in [1.82, 2.24) is 0 Å². The van der Waals surface area contributed by atoms with Gasteiger partial charge in [0.05, 0.1) is 22.4 Å². The van der Waals surface area contributed by atoms with Gasteiger partial charge in [-0.2, -0.15) is 5.26 Å². The lowest BCUT2D eigenvalue weighted by atomic mass is 9.78. The van der Waals surface area contributed by atoms with E-state index in [1.165, 1.54) is 12.1 Å². The van der Waals surface area contributed by atoms with E-state index in [2.05, 4.69) is 5.32 Å². The summed E-state index contributed by atoms with van der Waals surface area (Å²) in [5.41, 5.74) is 0.726. The number of anilines is 1. The lowest BCUT2D eigenvalue weighted by Gasteiger charge is -2.27. The lowest BCUT2D eigenvalue weighted by molar-refractivity contribution is -0.147. The molecule has 1 amide bonds. The molecule has 1 aliphatic rings. The number of carbonyl (C=O) groups excluding carboxylic acids is 1. The van der Waals surface area contributed by atoms with Gasteiger partial charge in [-0.1, -0.05) is 24.4 Å². The normalized spacial score (nSPS) is 21.3. The van der Waals surface area contributed by atoms with E-state index in [0.29, 0.717) is 23.6 Å². The fourth-order valence-electron chi connectivity index (χ4n) is 2.66. The largest absolute Gasteiger partial charge is 0.481 e. The van der Waals surface area contributed by atoms with E-state index in [1.807, 2.05) is 6.07 Å². The number of aliphatic carboxylic acids is 1. The standard InChI is InChI=1S/C15H15ClN2O3/c16-13-6-5-10(7-9(13)8-17)18-14(19)11-3-1-2-4-12(11)15(20)21/h5-7,11-12H,1-4H2,(H,18,19)(H,20,21). The van der Waals surface area contributed by atoms with Crippen LogP contribution in [0.2, 0.25) is 5.02 Å². The summed E-state index contributed by atoms with van der Waals surface area (Å²) in [6.45, 7) is 0. The zero-order chi connectivity index (χ0) is 15.4. The van der Waals surface area contributed by atoms with Gasteiger partial charge < -0.3 is 10.4 Å². The van der Waals surface area contributed by atoms with Crippen LogP contribution in [0.5, 0.6) is 0 Å². The number of nitrogens with one attached hydrogen (secondary N) is 1. The predicted octanol–water partition coefficient (Wildman–Crippen LogP) is 3.04. The van der Waals surface area contributed by atoms with Crippen molar-refractivity contribution in [1.29, 1.82) is 5.26 Å². The van der Waals surface area contributed by atoms with E-state index in [4.69, 9.17) is 16.9 Å². The van der Waals surface area contributed by atoms with Gasteiger partial charge in [-0.15, -0.1) is 0 Å². The van der Waals surface area contributed by atoms with Crippen LogP contribution in [0.25, 0.3) is 0 Å². The number of amides is 1. The Balaban J connectivity index is 2.13. The average Bonchev–Trinajstić information content (AvgIpc) is 2.49. The first-order valence-electron chi connectivity index (χ1n) is 6.76. The SMILES string of the molecule is N#Cc1cc(NC(=O)C2CCCCC2C(=O)O)ccc1Cl. The number of nitrogens with zero attached hydrogens (tertiary/aromatic N) is 1. The quantitative estimate of drug-likeness (QED) is 0.898. The van der Waals surface area contributed by atoms with Crippen molar-refractivity contribution in [3.05, 3.63) is 28.8 Å². The van der Waals surface area contributed by atoms with Gasteiger partial charge in [-0.05, 0) is 31.0 Å². The summed E-state index contributed by atoms with van der Waals surface area (Å²) in [6, 6.07) is 6.55. The van der Waals surface area contributed by atoms with E-state index < -0.39 is 17.8 Å². The Morgan fingerprint density at radius 1 is 1.29 bits per heavy atom. The molecule has 2 atom stereocenters. The molecule has 1 fully saturated rings. The maximum absolute atomic E-state index is 12.3. The topological polar surface area (TPSA) is 90.2 Å². The first-order valence-corrected chi connectivity index (χ1v) is 7.14. The molecule has 2 rings (SSSR count). The number of hydrogen-bond donors (Lipinski definition) is 2. The Morgan fingerprint density at radius 2 is 1.95 bits per heavy atom. The molecular weight excluding hydrogens is 292 g/mol. The number of halogens is 1. The molecule has 1 aromatic carbocycles. The Morgan fingerprint density at radius 3 is 2.57 bits per heavy atom. The zero-order valence-corrected chi connectivity index (χ0v) is 12.1. The minimum Gasteiger partial charge on any atom is -0.481 e. The first kappa shape index (κ1) is 15.3. The summed E-state index contributed by atoms with van der Waals surface area (Å²) < 4.78 is 0. The molecule has 0 aliphatic heterocycles. The molecule has 1 saturated carbocycles. The molecule has 6 heteroatoms. The molecule has 0 bridgehead atoms. The summed E-state index contributed by atoms with van der Waals surface area (Å²) >= 11 is 5.83. The van der Waals surface area contributed by atoms with Crippen LogP contribution in [-0.4, -0.2) is 17.0 Å². The lowest BCUT2D eigenvalue weighted by Crippen LogP contribution is -2.36. The average molecular weight is 307 g/mol. The molecule has 2 N–H and O–H groups in total. The Labute approximate surface area is 127 Å². The van der Waals surface area contributed by atoms with Crippen LogP contribution < -0.4 is 5.32 Å². The van der Waals surface area contributed by atoms with E-state index >= 15 is 0 Å². The first-order chi connectivity index (χ1) is 10.0. The van der Waals surface area contributed by atoms with Crippen molar-refractivity contribution in [3.8, 4) is 6.07 Å². The van der Waals surface area contributed by atoms with Gasteiger partial charge in [0, 0.05) is 5.69 Å². The van der Waals surface area contributed by atoms with Crippen LogP contribution in [0.3, 0.4) is 0 Å². The second-order valence-corrected chi connectivity index (χ2v) is 5.54. The highest BCUT2D eigenvalue weighted by atomic mass is 35.5. The van der Waals surface area contributed by atoms with E-state index in [-0.39, 0.29) is 11.5 Å². The highest BCUT2D eigenvalue weighted by molar-refractivity contribution is 6.31. The number of hydrogen-bond acceptors (Lipinski definition) is 3. The molecule has 1 aliphatic carbocycles. The second kappa shape index (κ2) is 6.59. The fourth-order valence-corrected chi connectivity index (χ4v) is 2.82. The number of nitriles is 1. The summed E-state index contributed by atoms with van der Waals surface area (Å²) in [5.74, 6) is -2.41. The Bertz CT molecular complexity index is 609. The van der Waals surface area contributed by atoms with Crippen LogP contribution in [-0.2, 0) is 9.59 Å². The summed E-state index contributed by atoms with van der Waals surface area (Å²) in [7, 11) is 0. The zero-order valence-electron chi connectivity index (χ0n) is 11.3. The van der Waals surface area contributed by atoms with Crippen LogP contribution in [0, 0.1) is 23.2 Å². The highest BCUT2D eigenvalue weighted by Gasteiger charge is 2.35. The van der Waals surface area contributed by atoms with Crippen LogP contribution in [0.15, 0.2) is 18.2 Å². The molecule has 1 aromatic rings. The van der Waals surface area contributed by atoms with Crippen LogP contribution >= 0.6 is 11.6 Å². The Hall–Kier alpha value is -2.06. The van der Waals surface area contributed by atoms with E-state index in [0.717, 1.165) is 12.8 Å². The maximum atomic E-state index is 12.3. The number of carboxylic acid groups (broad SMARTS) is 1. The summed E-state index contributed by atoms with van der Waals surface area (Å²) in [6.07, 6.45) is 2.78. The second-order valence-electron chi connectivity index (χ2n) is 5.13. The third kappa shape index (κ3) is 3.53. The molecule has 0 spiro atoms. The highest BCUT2D eigenvalue weighted by Crippen LogP contribution is 2.31. The van der Waals surface area contributed by atoms with Crippen molar-refractivity contribution in [2.45, 2.75) is 25.7 Å². The molecule has 21 heavy (non-hydrogen) atoms. The third-order valence-corrected chi connectivity index (χ3v) is 4.10. The molecule has 2 unspecified atom stereocenters. The van der Waals surface area contributed by atoms with Gasteiger partial charge in [-0.3, -0.25) is 9.59 Å². The van der Waals surface area contributed by atoms with Crippen molar-refractivity contribution in [3.63, 3.8) is 0 Å². The maximum Gasteiger partial charge on any atom is 0.307 e. The summed E-state index contributed by atoms with van der Waals surface area (Å²) in [5, 5.41) is 21.1. The predicted molar refractivity (Wildman–Crippen MR) is 77.9 cm³/mol. The molecule has 5 nitrogen and oxygen atoms in total. The van der Waals surface area contributed by atoms with E-state index in [1.54, 1.807) is 6.07 Å². The molecule has 0 saturated heterocycles. The van der Waals surface area contributed by atoms with Gasteiger partial charge in [0.1, 0.15) is 6.07 Å². The van der Waals surface area contributed by atoms with Crippen LogP contribution in [0.4, 0.5) is 5.69 Å². The van der Waals surface area contributed by atoms with Gasteiger partial charge in [0.25, 0.3) is 0 Å². The number of rotatable bonds is 3. The van der Waals surface area contributed by atoms with Gasteiger partial charge in [0.2, 0.25) is 5.91 Å². The molecule has 110 valence electrons. The molecular formula is C15H15ClN2O3. The van der Waals surface area contributed by atoms with Crippen molar-refractivity contribution in [2.75, 3.05) is 5.32 Å². The van der Waals surface area contributed by atoms with Crippen molar-refractivity contribution in [2.24, 2.45) is 11.8 Å². The number of benzene rings is 1. The van der Waals surface area contributed by atoms with E-state index in [9.17, 15) is 14.7 Å².